The van der Waals surface area contributed by atoms with Crippen molar-refractivity contribution in [2.24, 2.45) is 11.8 Å². The predicted octanol–water partition coefficient (Wildman–Crippen LogP) is 8.13. The van der Waals surface area contributed by atoms with Gasteiger partial charge in [0.2, 0.25) is 5.91 Å². The third-order valence-electron chi connectivity index (χ3n) is 9.29. The van der Waals surface area contributed by atoms with Crippen LogP contribution in [0.2, 0.25) is 0 Å². The molecule has 11 heteroatoms. The van der Waals surface area contributed by atoms with Gasteiger partial charge in [-0.1, -0.05) is 127 Å². The van der Waals surface area contributed by atoms with E-state index >= 15 is 0 Å². The summed E-state index contributed by atoms with van der Waals surface area (Å²) in [4.78, 5) is 35.5. The van der Waals surface area contributed by atoms with E-state index in [0.717, 1.165) is 38.5 Å². The summed E-state index contributed by atoms with van der Waals surface area (Å²) < 4.78 is 23.4. The average molecular weight is 754 g/mol. The Morgan fingerprint density at radius 1 is 0.885 bits per heavy atom. The van der Waals surface area contributed by atoms with Gasteiger partial charge >= 0.3 is 7.82 Å². The van der Waals surface area contributed by atoms with Crippen LogP contribution in [0.15, 0.2) is 48.6 Å². The van der Waals surface area contributed by atoms with Crippen LogP contribution in [-0.2, 0) is 23.2 Å². The van der Waals surface area contributed by atoms with Crippen LogP contribution in [0, 0.1) is 11.8 Å². The van der Waals surface area contributed by atoms with E-state index in [-0.39, 0.29) is 43.2 Å². The number of nitrogens with one attached hydrogen (secondary N) is 1. The molecule has 1 amide bonds. The lowest BCUT2D eigenvalue weighted by molar-refractivity contribution is -0.870. The molecule has 300 valence electrons. The lowest BCUT2D eigenvalue weighted by Gasteiger charge is -2.25. The number of phosphoric acid groups is 1. The summed E-state index contributed by atoms with van der Waals surface area (Å²) in [5, 5.41) is 23.9. The van der Waals surface area contributed by atoms with Crippen LogP contribution in [0.3, 0.4) is 0 Å². The number of phosphoric ester groups is 1. The first-order valence-corrected chi connectivity index (χ1v) is 21.6. The largest absolute Gasteiger partial charge is 0.472 e. The van der Waals surface area contributed by atoms with Gasteiger partial charge < -0.3 is 24.9 Å². The number of nitrogens with zero attached hydrogens (tertiary/aromatic N) is 1. The molecule has 1 aliphatic carbocycles. The molecule has 0 aromatic heterocycles. The maximum absolute atomic E-state index is 12.9. The number of amides is 1. The highest BCUT2D eigenvalue weighted by Gasteiger charge is 2.28. The summed E-state index contributed by atoms with van der Waals surface area (Å²) in [6.45, 7) is 4.49. The lowest BCUT2D eigenvalue weighted by Crippen LogP contribution is -2.45. The minimum Gasteiger partial charge on any atom is -0.389 e. The maximum Gasteiger partial charge on any atom is 0.472 e. The lowest BCUT2D eigenvalue weighted by atomic mass is 9.90. The van der Waals surface area contributed by atoms with Gasteiger partial charge in [0.15, 0.2) is 5.78 Å². The standard InChI is InChI=1S/C41H73N2O8P/c1-6-8-10-11-12-13-14-15-16-17-22-26-40(46)38(34-51-52(48,49)50-33-32-43(3,4)5)42-41(47)27-23-19-18-21-24-35-28-31-39(45)37(35)30-29-36(44)25-20-9-7-2/h18,21-22,26,28-31,35-38,40,44,46H,6-17,19-20,23-25,27,32-34H2,1-5H3,(H-,42,47,48,49)/p+1/b21-18-,26-22+,30-29+/t35-,36-,37+,38-,40+/m0/s1. The zero-order valence-corrected chi connectivity index (χ0v) is 34.0. The number of aliphatic hydroxyl groups excluding tert-OH is 2. The van der Waals surface area contributed by atoms with Gasteiger partial charge in [0, 0.05) is 12.3 Å². The number of hydrogen-bond donors (Lipinski definition) is 4. The van der Waals surface area contributed by atoms with E-state index in [1.807, 2.05) is 51.5 Å². The molecule has 0 aromatic rings. The van der Waals surface area contributed by atoms with Crippen LogP contribution in [0.4, 0.5) is 0 Å². The normalized spacial score (nSPS) is 19.6. The van der Waals surface area contributed by atoms with Gasteiger partial charge in [-0.25, -0.2) is 4.57 Å². The van der Waals surface area contributed by atoms with Crippen molar-refractivity contribution in [3.63, 3.8) is 0 Å². The van der Waals surface area contributed by atoms with Gasteiger partial charge in [0.25, 0.3) is 0 Å². The maximum atomic E-state index is 12.9. The van der Waals surface area contributed by atoms with Gasteiger partial charge in [-0.2, -0.15) is 0 Å². The Kier molecular flexibility index (Phi) is 26.4. The van der Waals surface area contributed by atoms with E-state index in [0.29, 0.717) is 36.7 Å². The molecule has 0 fully saturated rings. The number of allylic oxidation sites excluding steroid dienone is 6. The molecule has 52 heavy (non-hydrogen) atoms. The molecule has 0 heterocycles. The van der Waals surface area contributed by atoms with E-state index in [4.69, 9.17) is 9.05 Å². The van der Waals surface area contributed by atoms with Gasteiger partial charge in [-0.15, -0.1) is 0 Å². The Bertz CT molecular complexity index is 1130. The Labute approximate surface area is 316 Å². The number of quaternary nitrogens is 1. The minimum atomic E-state index is -4.39. The molecule has 0 aromatic carbocycles. The van der Waals surface area contributed by atoms with Crippen LogP contribution < -0.4 is 5.32 Å². The van der Waals surface area contributed by atoms with Gasteiger partial charge in [0.1, 0.15) is 13.2 Å². The molecule has 1 rings (SSSR count). The molecule has 0 radical (unpaired) electrons. The van der Waals surface area contributed by atoms with Crippen molar-refractivity contribution in [3.8, 4) is 0 Å². The van der Waals surface area contributed by atoms with Crippen LogP contribution in [0.1, 0.15) is 129 Å². The van der Waals surface area contributed by atoms with Crippen molar-refractivity contribution in [1.29, 1.82) is 0 Å². The first-order valence-electron chi connectivity index (χ1n) is 20.1. The number of carbonyl (C=O) groups is 2. The fourth-order valence-electron chi connectivity index (χ4n) is 5.91. The Balaban J connectivity index is 2.59. The molecule has 1 unspecified atom stereocenters. The number of hydrogen-bond acceptors (Lipinski definition) is 7. The number of rotatable bonds is 32. The van der Waals surface area contributed by atoms with E-state index in [2.05, 4.69) is 19.2 Å². The van der Waals surface area contributed by atoms with E-state index in [9.17, 15) is 29.3 Å². The molecule has 6 atom stereocenters. The molecule has 0 bridgehead atoms. The summed E-state index contributed by atoms with van der Waals surface area (Å²) in [6.07, 6.45) is 30.9. The fraction of sp³-hybridized carbons (Fsp3) is 0.756. The molecule has 1 aliphatic rings. The number of aliphatic hydroxyl groups is 2. The monoisotopic (exact) mass is 754 g/mol. The van der Waals surface area contributed by atoms with Crippen molar-refractivity contribution >= 4 is 19.5 Å². The predicted molar refractivity (Wildman–Crippen MR) is 212 cm³/mol. The zero-order chi connectivity index (χ0) is 38.7. The average Bonchev–Trinajstić information content (AvgIpc) is 3.43. The number of carbonyl (C=O) groups excluding carboxylic acids is 2. The zero-order valence-electron chi connectivity index (χ0n) is 33.1. The van der Waals surface area contributed by atoms with Gasteiger partial charge in [0.05, 0.1) is 46.0 Å². The second-order valence-electron chi connectivity index (χ2n) is 15.3. The Morgan fingerprint density at radius 2 is 1.52 bits per heavy atom. The second-order valence-corrected chi connectivity index (χ2v) is 16.8. The molecule has 0 aliphatic heterocycles. The summed E-state index contributed by atoms with van der Waals surface area (Å²) in [5.74, 6) is -0.461. The first-order chi connectivity index (χ1) is 24.8. The summed E-state index contributed by atoms with van der Waals surface area (Å²) in [7, 11) is 1.44. The van der Waals surface area contributed by atoms with E-state index in [1.54, 1.807) is 18.2 Å². The molecule has 0 spiro atoms. The topological polar surface area (TPSA) is 142 Å². The molecular formula is C41H74N2O8P+. The highest BCUT2D eigenvalue weighted by molar-refractivity contribution is 7.47. The van der Waals surface area contributed by atoms with Gasteiger partial charge in [-0.05, 0) is 50.5 Å². The summed E-state index contributed by atoms with van der Waals surface area (Å²) in [5.41, 5.74) is 0. The van der Waals surface area contributed by atoms with E-state index < -0.39 is 26.1 Å². The highest BCUT2D eigenvalue weighted by atomic mass is 31.2. The SMILES string of the molecule is CCCCCCCCCCC/C=C/[C@@H](O)[C@H](COP(=O)(O)OCC[N+](C)(C)C)NC(=O)CCC/C=C\C[C@H]1C=CC(=O)[C@@H]1/C=C/[C@@H](O)CCCCC. The van der Waals surface area contributed by atoms with E-state index in [1.165, 1.54) is 44.9 Å². The quantitative estimate of drug-likeness (QED) is 0.0234. The van der Waals surface area contributed by atoms with Crippen molar-refractivity contribution in [2.45, 2.75) is 148 Å². The minimum absolute atomic E-state index is 0.0238. The molecule has 0 saturated heterocycles. The van der Waals surface area contributed by atoms with Crippen LogP contribution in [0.5, 0.6) is 0 Å². The number of unbranched alkanes of at least 4 members (excludes halogenated alkanes) is 12. The van der Waals surface area contributed by atoms with Gasteiger partial charge in [-0.3, -0.25) is 18.6 Å². The van der Waals surface area contributed by atoms with Crippen molar-refractivity contribution in [2.75, 3.05) is 40.9 Å². The van der Waals surface area contributed by atoms with Crippen LogP contribution in [-0.4, -0.2) is 90.4 Å². The Hall–Kier alpha value is -1.91. The van der Waals surface area contributed by atoms with Crippen LogP contribution >= 0.6 is 7.82 Å². The summed E-state index contributed by atoms with van der Waals surface area (Å²) in [6, 6.07) is -0.924. The molecule has 4 N–H and O–H groups in total. The summed E-state index contributed by atoms with van der Waals surface area (Å²) >= 11 is 0. The third-order valence-corrected chi connectivity index (χ3v) is 10.3. The Morgan fingerprint density at radius 3 is 2.19 bits per heavy atom. The third kappa shape index (κ3) is 25.2. The number of ketones is 1. The fourth-order valence-corrected chi connectivity index (χ4v) is 6.65. The van der Waals surface area contributed by atoms with Crippen molar-refractivity contribution < 1.29 is 42.8 Å². The van der Waals surface area contributed by atoms with Crippen molar-refractivity contribution in [3.05, 3.63) is 48.6 Å². The second kappa shape index (κ2) is 28.5. The van der Waals surface area contributed by atoms with Crippen LogP contribution in [0.25, 0.3) is 0 Å². The smallest absolute Gasteiger partial charge is 0.389 e. The first kappa shape index (κ1) is 48.1. The highest BCUT2D eigenvalue weighted by Crippen LogP contribution is 2.43. The van der Waals surface area contributed by atoms with Crippen molar-refractivity contribution in [1.82, 2.24) is 5.32 Å². The molecule has 0 saturated carbocycles. The molecular weight excluding hydrogens is 679 g/mol. The number of likely N-dealkylation sites (N-methyl/N-ethyl adjacent to an activating group) is 1. The molecule has 10 nitrogen and oxygen atoms in total.